The molecule has 0 aromatic carbocycles. The highest BCUT2D eigenvalue weighted by Gasteiger charge is 2.05. The molecule has 1 aromatic rings. The highest BCUT2D eigenvalue weighted by atomic mass is 35.5. The van der Waals surface area contributed by atoms with Crippen LogP contribution in [0.25, 0.3) is 0 Å². The summed E-state index contributed by atoms with van der Waals surface area (Å²) >= 11 is 5.22. The third kappa shape index (κ3) is 1.48. The number of nitrogens with one attached hydrogen (secondary N) is 1. The van der Waals surface area contributed by atoms with E-state index in [4.69, 9.17) is 11.6 Å². The Morgan fingerprint density at radius 2 is 2.70 bits per heavy atom. The molecule has 1 amide bonds. The van der Waals surface area contributed by atoms with Gasteiger partial charge in [0.25, 0.3) is 5.91 Å². The zero-order chi connectivity index (χ0) is 7.40. The first-order chi connectivity index (χ1) is 4.84. The van der Waals surface area contributed by atoms with Crippen LogP contribution >= 0.6 is 11.6 Å². The maximum atomic E-state index is 10.8. The van der Waals surface area contributed by atoms with Gasteiger partial charge in [0.1, 0.15) is 6.26 Å². The van der Waals surface area contributed by atoms with Crippen molar-refractivity contribution in [2.45, 2.75) is 0 Å². The molecule has 1 heterocycles. The first-order valence-electron chi connectivity index (χ1n) is 2.59. The van der Waals surface area contributed by atoms with Crippen LogP contribution in [-0.2, 0) is 0 Å². The van der Waals surface area contributed by atoms with Crippen molar-refractivity contribution in [2.24, 2.45) is 0 Å². The fourth-order valence-corrected chi connectivity index (χ4v) is 0.602. The molecular formula is C5H5ClN2O2. The van der Waals surface area contributed by atoms with Crippen molar-refractivity contribution in [1.82, 2.24) is 10.5 Å². The summed E-state index contributed by atoms with van der Waals surface area (Å²) in [6, 6.07) is 1.54. The molecule has 0 fully saturated rings. The maximum absolute atomic E-state index is 10.8. The van der Waals surface area contributed by atoms with Crippen LogP contribution in [0, 0.1) is 0 Å². The van der Waals surface area contributed by atoms with E-state index in [0.29, 0.717) is 0 Å². The number of amides is 1. The van der Waals surface area contributed by atoms with Gasteiger partial charge in [-0.3, -0.25) is 4.79 Å². The largest absolute Gasteiger partial charge is 0.364 e. The Balaban J connectivity index is 2.59. The second kappa shape index (κ2) is 3.22. The van der Waals surface area contributed by atoms with Crippen molar-refractivity contribution in [3.8, 4) is 0 Å². The van der Waals surface area contributed by atoms with Crippen LogP contribution in [0.15, 0.2) is 16.9 Å². The van der Waals surface area contributed by atoms with Crippen molar-refractivity contribution in [3.63, 3.8) is 0 Å². The second-order valence-electron chi connectivity index (χ2n) is 1.52. The summed E-state index contributed by atoms with van der Waals surface area (Å²) in [5.41, 5.74) is 0.237. The van der Waals surface area contributed by atoms with Gasteiger partial charge in [-0.25, -0.2) is 0 Å². The van der Waals surface area contributed by atoms with Gasteiger partial charge in [-0.1, -0.05) is 5.16 Å². The van der Waals surface area contributed by atoms with Gasteiger partial charge in [-0.2, -0.15) is 0 Å². The number of alkyl halides is 1. The van der Waals surface area contributed by atoms with Gasteiger partial charge in [-0.05, 0) is 0 Å². The standard InChI is InChI=1S/C5H5ClN2O2/c6-3-7-5(9)4-1-2-10-8-4/h1-2H,3H2,(H,7,9). The molecule has 54 valence electrons. The predicted octanol–water partition coefficient (Wildman–Crippen LogP) is 0.601. The molecule has 5 heteroatoms. The first kappa shape index (κ1) is 7.08. The van der Waals surface area contributed by atoms with E-state index in [2.05, 4.69) is 15.0 Å². The number of carbonyl (C=O) groups excluding carboxylic acids is 1. The fraction of sp³-hybridized carbons (Fsp3) is 0.200. The summed E-state index contributed by atoms with van der Waals surface area (Å²) < 4.78 is 4.43. The van der Waals surface area contributed by atoms with Crippen molar-refractivity contribution in [3.05, 3.63) is 18.0 Å². The number of rotatable bonds is 2. The fourth-order valence-electron chi connectivity index (χ4n) is 0.481. The third-order valence-electron chi connectivity index (χ3n) is 0.898. The minimum absolute atomic E-state index is 0.0751. The second-order valence-corrected chi connectivity index (χ2v) is 1.79. The van der Waals surface area contributed by atoms with Gasteiger partial charge < -0.3 is 9.84 Å². The van der Waals surface area contributed by atoms with Gasteiger partial charge in [0.05, 0.1) is 6.00 Å². The summed E-state index contributed by atoms with van der Waals surface area (Å²) in [7, 11) is 0. The highest BCUT2D eigenvalue weighted by molar-refractivity contribution is 6.18. The van der Waals surface area contributed by atoms with Crippen LogP contribution in [-0.4, -0.2) is 17.1 Å². The minimum Gasteiger partial charge on any atom is -0.364 e. The summed E-state index contributed by atoms with van der Waals surface area (Å²) in [5, 5.41) is 5.74. The molecule has 0 unspecified atom stereocenters. The zero-order valence-corrected chi connectivity index (χ0v) is 5.76. The van der Waals surface area contributed by atoms with Crippen LogP contribution in [0.4, 0.5) is 0 Å². The van der Waals surface area contributed by atoms with Crippen LogP contribution in [0.2, 0.25) is 0 Å². The molecule has 0 aliphatic rings. The van der Waals surface area contributed by atoms with Gasteiger partial charge in [-0.15, -0.1) is 11.6 Å². The average molecular weight is 161 g/mol. The molecule has 1 rings (SSSR count). The van der Waals surface area contributed by atoms with E-state index in [1.807, 2.05) is 0 Å². The maximum Gasteiger partial charge on any atom is 0.274 e. The predicted molar refractivity (Wildman–Crippen MR) is 34.7 cm³/mol. The monoisotopic (exact) mass is 160 g/mol. The van der Waals surface area contributed by atoms with Gasteiger partial charge >= 0.3 is 0 Å². The molecule has 0 aliphatic heterocycles. The lowest BCUT2D eigenvalue weighted by molar-refractivity contribution is 0.0951. The minimum atomic E-state index is -0.330. The Kier molecular flexibility index (Phi) is 2.28. The molecule has 0 spiro atoms. The summed E-state index contributed by atoms with van der Waals surface area (Å²) in [5.74, 6) is -0.330. The van der Waals surface area contributed by atoms with Crippen LogP contribution in [0.1, 0.15) is 10.5 Å². The molecule has 0 saturated carbocycles. The Labute approximate surface area is 62.1 Å². The van der Waals surface area contributed by atoms with E-state index < -0.39 is 0 Å². The Morgan fingerprint density at radius 1 is 1.90 bits per heavy atom. The lowest BCUT2D eigenvalue weighted by Gasteiger charge is -1.92. The Morgan fingerprint density at radius 3 is 3.20 bits per heavy atom. The van der Waals surface area contributed by atoms with Crippen molar-refractivity contribution in [2.75, 3.05) is 6.00 Å². The van der Waals surface area contributed by atoms with Gasteiger partial charge in [0.2, 0.25) is 0 Å². The topological polar surface area (TPSA) is 55.1 Å². The number of carbonyl (C=O) groups is 1. The number of hydrogen-bond acceptors (Lipinski definition) is 3. The number of hydrogen-bond donors (Lipinski definition) is 1. The lowest BCUT2D eigenvalue weighted by Crippen LogP contribution is -2.21. The SMILES string of the molecule is O=C(NCCl)c1ccon1. The molecule has 10 heavy (non-hydrogen) atoms. The smallest absolute Gasteiger partial charge is 0.274 e. The molecule has 0 radical (unpaired) electrons. The van der Waals surface area contributed by atoms with E-state index in [-0.39, 0.29) is 17.6 Å². The van der Waals surface area contributed by atoms with Crippen LogP contribution < -0.4 is 5.32 Å². The lowest BCUT2D eigenvalue weighted by atomic mass is 10.4. The van der Waals surface area contributed by atoms with Crippen LogP contribution in [0.5, 0.6) is 0 Å². The van der Waals surface area contributed by atoms with E-state index in [1.165, 1.54) is 12.3 Å². The summed E-state index contributed by atoms with van der Waals surface area (Å²) in [4.78, 5) is 10.8. The number of aromatic nitrogens is 1. The average Bonchev–Trinajstić information content (AvgIpc) is 2.38. The van der Waals surface area contributed by atoms with E-state index >= 15 is 0 Å². The molecular weight excluding hydrogens is 156 g/mol. The highest BCUT2D eigenvalue weighted by Crippen LogP contribution is 1.92. The Bertz CT molecular complexity index is 209. The molecule has 0 aliphatic carbocycles. The number of halogens is 1. The normalized spacial score (nSPS) is 9.30. The summed E-state index contributed by atoms with van der Waals surface area (Å²) in [6.07, 6.45) is 1.32. The zero-order valence-electron chi connectivity index (χ0n) is 5.00. The number of nitrogens with zero attached hydrogens (tertiary/aromatic N) is 1. The quantitative estimate of drug-likeness (QED) is 0.509. The summed E-state index contributed by atoms with van der Waals surface area (Å²) in [6.45, 7) is 0. The molecule has 1 N–H and O–H groups in total. The van der Waals surface area contributed by atoms with E-state index in [0.717, 1.165) is 0 Å². The Hall–Kier alpha value is -1.03. The van der Waals surface area contributed by atoms with E-state index in [1.54, 1.807) is 0 Å². The van der Waals surface area contributed by atoms with Crippen molar-refractivity contribution < 1.29 is 9.32 Å². The molecule has 0 atom stereocenters. The van der Waals surface area contributed by atoms with Crippen LogP contribution in [0.3, 0.4) is 0 Å². The molecule has 0 bridgehead atoms. The van der Waals surface area contributed by atoms with Gasteiger partial charge in [0.15, 0.2) is 5.69 Å². The third-order valence-corrected chi connectivity index (χ3v) is 1.03. The van der Waals surface area contributed by atoms with Crippen molar-refractivity contribution in [1.29, 1.82) is 0 Å². The van der Waals surface area contributed by atoms with E-state index in [9.17, 15) is 4.79 Å². The first-order valence-corrected chi connectivity index (χ1v) is 3.12. The molecule has 4 nitrogen and oxygen atoms in total. The van der Waals surface area contributed by atoms with Gasteiger partial charge in [0, 0.05) is 6.07 Å². The molecule has 1 aromatic heterocycles. The van der Waals surface area contributed by atoms with Crippen molar-refractivity contribution >= 4 is 17.5 Å². The molecule has 0 saturated heterocycles.